The van der Waals surface area contributed by atoms with Crippen molar-refractivity contribution >= 4 is 48.6 Å². The molecule has 0 fully saturated rings. The van der Waals surface area contributed by atoms with Crippen molar-refractivity contribution in [3.05, 3.63) is 24.3 Å². The van der Waals surface area contributed by atoms with Crippen LogP contribution < -0.4 is 5.30 Å². The van der Waals surface area contributed by atoms with Crippen LogP contribution >= 0.6 is 19.6 Å². The summed E-state index contributed by atoms with van der Waals surface area (Å²) < 4.78 is 0. The van der Waals surface area contributed by atoms with Gasteiger partial charge in [-0.2, -0.15) is 0 Å². The third-order valence-electron chi connectivity index (χ3n) is 3.46. The Morgan fingerprint density at radius 3 is 1.89 bits per heavy atom. The first-order chi connectivity index (χ1) is 8.59. The van der Waals surface area contributed by atoms with Crippen LogP contribution in [0.4, 0.5) is 0 Å². The molecule has 0 aliphatic rings. The predicted octanol–water partition coefficient (Wildman–Crippen LogP) is 4.45. The maximum absolute atomic E-state index is 6.85. The Hall–Kier alpha value is 0.499. The van der Waals surface area contributed by atoms with E-state index in [1.807, 2.05) is 11.8 Å². The fourth-order valence-corrected chi connectivity index (χ4v) is 24.2. The van der Waals surface area contributed by atoms with Gasteiger partial charge < -0.3 is 7.57 Å². The summed E-state index contributed by atoms with van der Waals surface area (Å²) in [5.41, 5.74) is 0. The molecule has 0 amide bonds. The van der Waals surface area contributed by atoms with Gasteiger partial charge in [0.15, 0.2) is 0 Å². The molecule has 0 saturated carbocycles. The van der Waals surface area contributed by atoms with Crippen molar-refractivity contribution in [3.8, 4) is 0 Å². The second-order valence-electron chi connectivity index (χ2n) is 7.32. The highest BCUT2D eigenvalue weighted by Gasteiger charge is 2.42. The van der Waals surface area contributed by atoms with Gasteiger partial charge in [-0.25, -0.2) is 7.80 Å². The summed E-state index contributed by atoms with van der Waals surface area (Å²) in [5.74, 6) is 0. The molecule has 0 aliphatic carbocycles. The molecule has 1 rings (SSSR count). The topological polar surface area (TPSA) is 0 Å². The normalized spacial score (nSPS) is 14.8. The van der Waals surface area contributed by atoms with Crippen LogP contribution in [0.3, 0.4) is 0 Å². The van der Waals surface area contributed by atoms with Gasteiger partial charge in [0.1, 0.15) is 0 Å². The lowest BCUT2D eigenvalue weighted by molar-refractivity contribution is 1.44. The summed E-state index contributed by atoms with van der Waals surface area (Å²) in [6.07, 6.45) is 2.16. The summed E-state index contributed by atoms with van der Waals surface area (Å²) >= 11 is 1.84. The molecular weight excluding hydrogens is 298 g/mol. The van der Waals surface area contributed by atoms with Gasteiger partial charge in [0.2, 0.25) is 0 Å². The van der Waals surface area contributed by atoms with E-state index in [0.717, 1.165) is 4.91 Å². The van der Waals surface area contributed by atoms with Crippen molar-refractivity contribution in [1.82, 2.24) is 0 Å². The summed E-state index contributed by atoms with van der Waals surface area (Å²) in [7, 11) is 3.42. The molecule has 0 aliphatic heterocycles. The summed E-state index contributed by atoms with van der Waals surface area (Å²) in [4.78, 5) is 2.19. The Morgan fingerprint density at radius 1 is 1.00 bits per heavy atom. The molecule has 0 N–H and O–H groups in total. The molecule has 0 nitrogen and oxygen atoms in total. The van der Waals surface area contributed by atoms with Crippen LogP contribution in [-0.4, -0.2) is 34.9 Å². The van der Waals surface area contributed by atoms with Crippen molar-refractivity contribution in [2.75, 3.05) is 6.26 Å². The Labute approximate surface area is 128 Å². The molecule has 1 unspecified atom stereocenters. The van der Waals surface area contributed by atoms with Crippen molar-refractivity contribution in [2.45, 2.75) is 49.1 Å². The molecule has 1 atom stereocenters. The molecule has 1 aromatic carbocycles. The standard InChI is InChI=1S/C14H27BPSSi2/c1-17-13-11-9-8-10-12(13)16(15)14(18(2,3)4)19(5,6)7/h8-11,14,16H,1-7H3. The van der Waals surface area contributed by atoms with E-state index in [0.29, 0.717) is 0 Å². The number of hydrogen-bond donors (Lipinski definition) is 0. The van der Waals surface area contributed by atoms with E-state index in [2.05, 4.69) is 69.8 Å². The molecule has 3 radical (unpaired) electrons. The predicted molar refractivity (Wildman–Crippen MR) is 102 cm³/mol. The van der Waals surface area contributed by atoms with Crippen LogP contribution in [0.1, 0.15) is 0 Å². The number of benzene rings is 1. The molecule has 19 heavy (non-hydrogen) atoms. The molecule has 0 heterocycles. The van der Waals surface area contributed by atoms with E-state index in [1.54, 1.807) is 0 Å². The molecule has 105 valence electrons. The van der Waals surface area contributed by atoms with Gasteiger partial charge in [0, 0.05) is 9.80 Å². The Kier molecular flexibility index (Phi) is 6.01. The van der Waals surface area contributed by atoms with E-state index in [9.17, 15) is 0 Å². The first-order valence-corrected chi connectivity index (χ1v) is 16.9. The first kappa shape index (κ1) is 17.5. The molecule has 5 heteroatoms. The van der Waals surface area contributed by atoms with E-state index in [1.165, 1.54) is 10.2 Å². The third-order valence-corrected chi connectivity index (χ3v) is 21.8. The lowest BCUT2D eigenvalue weighted by Crippen LogP contribution is -2.53. The maximum atomic E-state index is 6.85. The SMILES string of the molecule is [B-][PH+](c1ccccc1SC)C([Si](C)(C)C)[Si](C)(C)C. The molecule has 0 aromatic heterocycles. The highest BCUT2D eigenvalue weighted by Crippen LogP contribution is 2.46. The van der Waals surface area contributed by atoms with Crippen LogP contribution in [-0.2, 0) is 0 Å². The van der Waals surface area contributed by atoms with E-state index < -0.39 is 23.9 Å². The monoisotopic (exact) mass is 325 g/mol. The highest BCUT2D eigenvalue weighted by atomic mass is 32.2. The fourth-order valence-electron chi connectivity index (χ4n) is 3.27. The van der Waals surface area contributed by atoms with Gasteiger partial charge in [0.05, 0.1) is 21.5 Å². The number of hydrogen-bond acceptors (Lipinski definition) is 1. The minimum Gasteiger partial charge on any atom is -0.303 e. The summed E-state index contributed by atoms with van der Waals surface area (Å²) in [5, 5.41) is 1.45. The van der Waals surface area contributed by atoms with E-state index >= 15 is 0 Å². The van der Waals surface area contributed by atoms with Gasteiger partial charge in [0.25, 0.3) is 0 Å². The van der Waals surface area contributed by atoms with Crippen LogP contribution in [0, 0.1) is 0 Å². The average Bonchev–Trinajstić information content (AvgIpc) is 2.24. The Morgan fingerprint density at radius 2 is 1.47 bits per heavy atom. The first-order valence-electron chi connectivity index (χ1n) is 6.84. The largest absolute Gasteiger partial charge is 0.303 e. The van der Waals surface area contributed by atoms with Crippen LogP contribution in [0.15, 0.2) is 29.2 Å². The van der Waals surface area contributed by atoms with Gasteiger partial charge in [-0.3, -0.25) is 0 Å². The Bertz CT molecular complexity index is 412. The second kappa shape index (κ2) is 6.51. The lowest BCUT2D eigenvalue weighted by atomic mass is 10.4. The molecule has 1 aromatic rings. The fraction of sp³-hybridized carbons (Fsp3) is 0.571. The number of thioether (sulfide) groups is 1. The Balaban J connectivity index is 3.24. The molecule has 0 bridgehead atoms. The molecular formula is C14H27BPSSi2. The molecule has 0 spiro atoms. The highest BCUT2D eigenvalue weighted by molar-refractivity contribution is 8.00. The van der Waals surface area contributed by atoms with Crippen molar-refractivity contribution < 1.29 is 0 Å². The van der Waals surface area contributed by atoms with Gasteiger partial charge >= 0.3 is 0 Å². The zero-order valence-corrected chi connectivity index (χ0v) is 17.2. The zero-order valence-electron chi connectivity index (χ0n) is 13.4. The van der Waals surface area contributed by atoms with E-state index in [4.69, 9.17) is 7.57 Å². The lowest BCUT2D eigenvalue weighted by Gasteiger charge is -2.44. The quantitative estimate of drug-likeness (QED) is 0.438. The summed E-state index contributed by atoms with van der Waals surface area (Å²) in [6.45, 7) is 15.0. The smallest absolute Gasteiger partial charge is 0.0829 e. The number of rotatable bonds is 5. The summed E-state index contributed by atoms with van der Waals surface area (Å²) in [6, 6.07) is 8.77. The van der Waals surface area contributed by atoms with Gasteiger partial charge in [-0.05, 0) is 18.4 Å². The average molecular weight is 325 g/mol. The van der Waals surface area contributed by atoms with Crippen molar-refractivity contribution in [2.24, 2.45) is 0 Å². The maximum Gasteiger partial charge on any atom is 0.0829 e. The zero-order chi connectivity index (χ0) is 14.8. The van der Waals surface area contributed by atoms with Crippen LogP contribution in [0.2, 0.25) is 39.3 Å². The minimum atomic E-state index is -1.23. The molecule has 0 saturated heterocycles. The van der Waals surface area contributed by atoms with Gasteiger partial charge in [-0.1, -0.05) is 51.4 Å². The van der Waals surface area contributed by atoms with Crippen molar-refractivity contribution in [1.29, 1.82) is 0 Å². The van der Waals surface area contributed by atoms with Gasteiger partial charge in [-0.15, -0.1) is 11.8 Å². The third kappa shape index (κ3) is 4.49. The minimum absolute atomic E-state index is 0.804. The van der Waals surface area contributed by atoms with Crippen LogP contribution in [0.5, 0.6) is 0 Å². The van der Waals surface area contributed by atoms with Crippen LogP contribution in [0.25, 0.3) is 0 Å². The second-order valence-corrected chi connectivity index (χ2v) is 22.5. The van der Waals surface area contributed by atoms with E-state index in [-0.39, 0.29) is 0 Å². The van der Waals surface area contributed by atoms with Crippen molar-refractivity contribution in [3.63, 3.8) is 0 Å².